The van der Waals surface area contributed by atoms with Crippen LogP contribution < -0.4 is 0 Å². The van der Waals surface area contributed by atoms with Crippen LogP contribution in [-0.4, -0.2) is 23.6 Å². The first-order valence-electron chi connectivity index (χ1n) is 5.17. The van der Waals surface area contributed by atoms with Crippen molar-refractivity contribution in [1.29, 1.82) is 0 Å². The third-order valence-electron chi connectivity index (χ3n) is 2.38. The summed E-state index contributed by atoms with van der Waals surface area (Å²) in [4.78, 5) is 0. The summed E-state index contributed by atoms with van der Waals surface area (Å²) in [6.07, 6.45) is -4.93. The molecule has 0 bridgehead atoms. The van der Waals surface area contributed by atoms with Crippen LogP contribution in [0.3, 0.4) is 0 Å². The first-order valence-corrected chi connectivity index (χ1v) is 5.17. The standard InChI is InChI=1S/C9H8.C3H2F6O/c1-2-5-9-7-3-6-8(9)4-1;4-1(5)2(6,10)3(7,8)9/h1-6H,7H2;1,10H. The van der Waals surface area contributed by atoms with Gasteiger partial charge in [0.25, 0.3) is 0 Å². The third-order valence-corrected chi connectivity index (χ3v) is 2.38. The van der Waals surface area contributed by atoms with Gasteiger partial charge in [-0.05, 0) is 17.5 Å². The lowest BCUT2D eigenvalue weighted by Crippen LogP contribution is -2.47. The SMILES string of the molecule is C1=Cc2ccccc2C1.OC(F)(C(F)F)C(F)(F)F. The second kappa shape index (κ2) is 5.64. The van der Waals surface area contributed by atoms with E-state index in [-0.39, 0.29) is 0 Å². The summed E-state index contributed by atoms with van der Waals surface area (Å²) < 4.78 is 66.3. The van der Waals surface area contributed by atoms with Gasteiger partial charge in [0.2, 0.25) is 0 Å². The van der Waals surface area contributed by atoms with Crippen molar-refractivity contribution >= 4 is 6.08 Å². The fraction of sp³-hybridized carbons (Fsp3) is 0.333. The fourth-order valence-electron chi connectivity index (χ4n) is 1.32. The molecule has 1 atom stereocenters. The van der Waals surface area contributed by atoms with Gasteiger partial charge in [0.15, 0.2) is 0 Å². The lowest BCUT2D eigenvalue weighted by molar-refractivity contribution is -0.352. The smallest absolute Gasteiger partial charge is 0.350 e. The molecular weight excluding hydrogens is 274 g/mol. The zero-order valence-corrected chi connectivity index (χ0v) is 9.46. The maximum atomic E-state index is 11.4. The van der Waals surface area contributed by atoms with E-state index in [1.165, 1.54) is 11.1 Å². The van der Waals surface area contributed by atoms with Gasteiger partial charge in [0.05, 0.1) is 0 Å². The van der Waals surface area contributed by atoms with Crippen molar-refractivity contribution in [3.05, 3.63) is 41.5 Å². The first-order chi connectivity index (χ1) is 8.66. The van der Waals surface area contributed by atoms with E-state index in [1.54, 1.807) is 0 Å². The topological polar surface area (TPSA) is 20.2 Å². The molecule has 7 heteroatoms. The van der Waals surface area contributed by atoms with Crippen molar-refractivity contribution in [2.45, 2.75) is 24.9 Å². The Bertz CT molecular complexity index is 450. The van der Waals surface area contributed by atoms with Gasteiger partial charge in [-0.2, -0.15) is 17.6 Å². The number of allylic oxidation sites excluding steroid dienone is 1. The van der Waals surface area contributed by atoms with Crippen LogP contribution in [0.15, 0.2) is 30.3 Å². The Morgan fingerprint density at radius 3 is 2.05 bits per heavy atom. The molecule has 1 aromatic rings. The average Bonchev–Trinajstić information content (AvgIpc) is 2.76. The molecule has 0 aromatic heterocycles. The van der Waals surface area contributed by atoms with Gasteiger partial charge in [0, 0.05) is 0 Å². The predicted octanol–water partition coefficient (Wildman–Crippen LogP) is 3.73. The van der Waals surface area contributed by atoms with Crippen molar-refractivity contribution < 1.29 is 31.4 Å². The van der Waals surface area contributed by atoms with Crippen LogP contribution in [0, 0.1) is 0 Å². The van der Waals surface area contributed by atoms with E-state index in [1.807, 2.05) is 0 Å². The van der Waals surface area contributed by atoms with Gasteiger partial charge < -0.3 is 5.11 Å². The zero-order valence-electron chi connectivity index (χ0n) is 9.46. The Kier molecular flexibility index (Phi) is 4.62. The summed E-state index contributed by atoms with van der Waals surface area (Å²) in [5.74, 6) is -5.40. The number of benzene rings is 1. The van der Waals surface area contributed by atoms with E-state index < -0.39 is 18.5 Å². The molecule has 1 aromatic carbocycles. The van der Waals surface area contributed by atoms with Gasteiger partial charge >= 0.3 is 18.5 Å². The highest BCUT2D eigenvalue weighted by molar-refractivity contribution is 5.59. The van der Waals surface area contributed by atoms with Crippen molar-refractivity contribution in [3.8, 4) is 0 Å². The minimum Gasteiger partial charge on any atom is -0.350 e. The lowest BCUT2D eigenvalue weighted by atomic mass is 10.1. The Labute approximate surface area is 105 Å². The third kappa shape index (κ3) is 3.73. The molecule has 19 heavy (non-hydrogen) atoms. The fourth-order valence-corrected chi connectivity index (χ4v) is 1.32. The lowest BCUT2D eigenvalue weighted by Gasteiger charge is -2.20. The van der Waals surface area contributed by atoms with E-state index in [4.69, 9.17) is 5.11 Å². The van der Waals surface area contributed by atoms with Crippen LogP contribution in [-0.2, 0) is 6.42 Å². The van der Waals surface area contributed by atoms with E-state index in [9.17, 15) is 26.3 Å². The van der Waals surface area contributed by atoms with Gasteiger partial charge in [-0.1, -0.05) is 36.4 Å². The Morgan fingerprint density at radius 2 is 1.63 bits per heavy atom. The summed E-state index contributed by atoms with van der Waals surface area (Å²) in [5, 5.41) is 7.39. The molecule has 1 N–H and O–H groups in total. The van der Waals surface area contributed by atoms with Crippen molar-refractivity contribution in [3.63, 3.8) is 0 Å². The summed E-state index contributed by atoms with van der Waals surface area (Å²) in [6.45, 7) is 0. The van der Waals surface area contributed by atoms with Crippen LogP contribution in [0.2, 0.25) is 0 Å². The van der Waals surface area contributed by atoms with Crippen molar-refractivity contribution in [2.75, 3.05) is 0 Å². The molecule has 0 spiro atoms. The highest BCUT2D eigenvalue weighted by Crippen LogP contribution is 2.36. The largest absolute Gasteiger partial charge is 0.454 e. The Morgan fingerprint density at radius 1 is 1.05 bits per heavy atom. The van der Waals surface area contributed by atoms with Crippen LogP contribution in [0.5, 0.6) is 0 Å². The molecular formula is C12H10F6O. The summed E-state index contributed by atoms with van der Waals surface area (Å²) in [7, 11) is 0. The molecule has 0 amide bonds. The maximum Gasteiger partial charge on any atom is 0.454 e. The number of hydrogen-bond acceptors (Lipinski definition) is 1. The number of aliphatic hydroxyl groups is 1. The normalized spacial score (nSPS) is 16.6. The predicted molar refractivity (Wildman–Crippen MR) is 57.3 cm³/mol. The average molecular weight is 284 g/mol. The summed E-state index contributed by atoms with van der Waals surface area (Å²) in [5.41, 5.74) is 2.84. The molecule has 0 saturated heterocycles. The molecule has 2 rings (SSSR count). The van der Waals surface area contributed by atoms with E-state index in [0.717, 1.165) is 6.42 Å². The minimum atomic E-state index is -5.94. The molecule has 0 aliphatic heterocycles. The Hall–Kier alpha value is -1.50. The molecule has 1 aliphatic carbocycles. The molecule has 0 fully saturated rings. The van der Waals surface area contributed by atoms with Crippen LogP contribution in [0.4, 0.5) is 26.3 Å². The summed E-state index contributed by atoms with van der Waals surface area (Å²) >= 11 is 0. The quantitative estimate of drug-likeness (QED) is 0.779. The molecule has 0 saturated carbocycles. The van der Waals surface area contributed by atoms with Crippen molar-refractivity contribution in [2.24, 2.45) is 0 Å². The minimum absolute atomic E-state index is 1.12. The molecule has 1 nitrogen and oxygen atoms in total. The summed E-state index contributed by atoms with van der Waals surface area (Å²) in [6, 6.07) is 8.49. The van der Waals surface area contributed by atoms with Crippen molar-refractivity contribution in [1.82, 2.24) is 0 Å². The van der Waals surface area contributed by atoms with Gasteiger partial charge in [0.1, 0.15) is 0 Å². The van der Waals surface area contributed by atoms with Gasteiger partial charge in [-0.15, -0.1) is 0 Å². The Balaban J connectivity index is 0.000000190. The highest BCUT2D eigenvalue weighted by atomic mass is 19.4. The number of halogens is 6. The monoisotopic (exact) mass is 284 g/mol. The maximum absolute atomic E-state index is 11.4. The van der Waals surface area contributed by atoms with Crippen LogP contribution in [0.1, 0.15) is 11.1 Å². The number of alkyl halides is 6. The number of fused-ring (bicyclic) bond motifs is 1. The van der Waals surface area contributed by atoms with Crippen LogP contribution >= 0.6 is 0 Å². The molecule has 1 unspecified atom stereocenters. The highest BCUT2D eigenvalue weighted by Gasteiger charge is 2.62. The van der Waals surface area contributed by atoms with Gasteiger partial charge in [-0.25, -0.2) is 8.78 Å². The van der Waals surface area contributed by atoms with E-state index >= 15 is 0 Å². The second-order valence-electron chi connectivity index (χ2n) is 3.78. The van der Waals surface area contributed by atoms with Crippen LogP contribution in [0.25, 0.3) is 6.08 Å². The molecule has 1 aliphatic rings. The molecule has 106 valence electrons. The van der Waals surface area contributed by atoms with E-state index in [0.29, 0.717) is 0 Å². The number of rotatable bonds is 1. The van der Waals surface area contributed by atoms with Gasteiger partial charge in [-0.3, -0.25) is 0 Å². The molecule has 0 heterocycles. The molecule has 0 radical (unpaired) electrons. The zero-order chi connectivity index (χ0) is 14.7. The number of hydrogen-bond donors (Lipinski definition) is 1. The first kappa shape index (κ1) is 15.6. The van der Waals surface area contributed by atoms with E-state index in [2.05, 4.69) is 36.4 Å². The second-order valence-corrected chi connectivity index (χ2v) is 3.78.